The molecule has 0 aliphatic carbocycles. The number of alkyl halides is 1. The highest BCUT2D eigenvalue weighted by Crippen LogP contribution is 2.04. The third-order valence-electron chi connectivity index (χ3n) is 2.58. The molecule has 0 N–H and O–H groups in total. The van der Waals surface area contributed by atoms with E-state index in [0.717, 1.165) is 6.42 Å². The van der Waals surface area contributed by atoms with Gasteiger partial charge in [-0.1, -0.05) is 6.92 Å². The van der Waals surface area contributed by atoms with Crippen LogP contribution in [0.2, 0.25) is 0 Å². The number of hydrogen-bond donors (Lipinski definition) is 0. The number of aromatic nitrogens is 2. The quantitative estimate of drug-likeness (QED) is 0.671. The number of rotatable bonds is 8. The maximum Gasteiger partial charge on any atom is 0.293 e. The Labute approximate surface area is 112 Å². The Morgan fingerprint density at radius 3 is 2.89 bits per heavy atom. The van der Waals surface area contributed by atoms with Crippen LogP contribution >= 0.6 is 11.6 Å². The van der Waals surface area contributed by atoms with E-state index < -0.39 is 0 Å². The molecule has 102 valence electrons. The topological polar surface area (TPSA) is 47.4 Å². The first-order chi connectivity index (χ1) is 8.74. The highest BCUT2D eigenvalue weighted by Gasteiger charge is 2.12. The lowest BCUT2D eigenvalue weighted by Gasteiger charge is -2.22. The molecule has 0 saturated carbocycles. The lowest BCUT2D eigenvalue weighted by Crippen LogP contribution is -2.36. The second-order valence-electron chi connectivity index (χ2n) is 3.92. The molecule has 1 aromatic rings. The van der Waals surface area contributed by atoms with E-state index in [2.05, 4.69) is 4.98 Å². The van der Waals surface area contributed by atoms with Crippen LogP contribution in [-0.4, -0.2) is 42.2 Å². The zero-order chi connectivity index (χ0) is 13.4. The molecule has 0 amide bonds. The summed E-state index contributed by atoms with van der Waals surface area (Å²) in [4.78, 5) is 18.3. The first-order valence-electron chi connectivity index (χ1n) is 6.09. The lowest BCUT2D eigenvalue weighted by atomic mass is 10.4. The zero-order valence-electron chi connectivity index (χ0n) is 10.9. The second-order valence-corrected chi connectivity index (χ2v) is 4.30. The van der Waals surface area contributed by atoms with Crippen LogP contribution in [-0.2, 0) is 11.3 Å². The summed E-state index contributed by atoms with van der Waals surface area (Å²) in [5, 5.41) is 0. The highest BCUT2D eigenvalue weighted by molar-refractivity contribution is 6.18. The van der Waals surface area contributed by atoms with Crippen molar-refractivity contribution in [3.8, 4) is 0 Å². The molecule has 0 radical (unpaired) electrons. The van der Waals surface area contributed by atoms with Gasteiger partial charge in [-0.3, -0.25) is 4.79 Å². The average Bonchev–Trinajstić information content (AvgIpc) is 2.38. The Balaban J connectivity index is 2.96. The molecule has 5 nitrogen and oxygen atoms in total. The molecule has 0 aromatic carbocycles. The largest absolute Gasteiger partial charge is 0.383 e. The van der Waals surface area contributed by atoms with E-state index >= 15 is 0 Å². The molecular formula is C12H20ClN3O2. The van der Waals surface area contributed by atoms with E-state index in [0.29, 0.717) is 37.9 Å². The molecule has 0 aliphatic heterocycles. The van der Waals surface area contributed by atoms with Crippen LogP contribution in [0.15, 0.2) is 17.2 Å². The summed E-state index contributed by atoms with van der Waals surface area (Å²) in [6.07, 6.45) is 4.28. The zero-order valence-corrected chi connectivity index (χ0v) is 11.7. The van der Waals surface area contributed by atoms with Gasteiger partial charge >= 0.3 is 0 Å². The van der Waals surface area contributed by atoms with Gasteiger partial charge in [-0.2, -0.15) is 0 Å². The van der Waals surface area contributed by atoms with Crippen molar-refractivity contribution < 1.29 is 4.74 Å². The van der Waals surface area contributed by atoms with Crippen molar-refractivity contribution in [1.29, 1.82) is 0 Å². The van der Waals surface area contributed by atoms with Crippen molar-refractivity contribution in [3.63, 3.8) is 0 Å². The van der Waals surface area contributed by atoms with Gasteiger partial charge in [0, 0.05) is 45.0 Å². The first-order valence-corrected chi connectivity index (χ1v) is 6.63. The number of ether oxygens (including phenoxy) is 1. The third-order valence-corrected chi connectivity index (χ3v) is 2.75. The molecule has 0 atom stereocenters. The van der Waals surface area contributed by atoms with Crippen LogP contribution in [0.3, 0.4) is 0 Å². The molecule has 1 heterocycles. The molecule has 6 heteroatoms. The molecule has 1 aromatic heterocycles. The molecular weight excluding hydrogens is 254 g/mol. The van der Waals surface area contributed by atoms with Gasteiger partial charge in [-0.05, 0) is 6.42 Å². The van der Waals surface area contributed by atoms with E-state index in [1.165, 1.54) is 0 Å². The van der Waals surface area contributed by atoms with Crippen LogP contribution in [0.4, 0.5) is 5.82 Å². The first kappa shape index (κ1) is 15.0. The van der Waals surface area contributed by atoms with Gasteiger partial charge in [-0.25, -0.2) is 4.98 Å². The van der Waals surface area contributed by atoms with E-state index in [4.69, 9.17) is 16.3 Å². The van der Waals surface area contributed by atoms with E-state index in [-0.39, 0.29) is 5.56 Å². The normalized spacial score (nSPS) is 10.6. The van der Waals surface area contributed by atoms with Gasteiger partial charge in [-0.15, -0.1) is 11.6 Å². The molecule has 18 heavy (non-hydrogen) atoms. The minimum Gasteiger partial charge on any atom is -0.383 e. The van der Waals surface area contributed by atoms with Crippen molar-refractivity contribution in [2.24, 2.45) is 0 Å². The van der Waals surface area contributed by atoms with Crippen molar-refractivity contribution in [1.82, 2.24) is 9.55 Å². The highest BCUT2D eigenvalue weighted by atomic mass is 35.5. The fraction of sp³-hybridized carbons (Fsp3) is 0.667. The second kappa shape index (κ2) is 8.11. The monoisotopic (exact) mass is 273 g/mol. The van der Waals surface area contributed by atoms with Crippen LogP contribution in [0.1, 0.15) is 13.3 Å². The number of halogens is 1. The SMILES string of the molecule is CCCn1ccnc(N(CCCl)CCOC)c1=O. The van der Waals surface area contributed by atoms with E-state index in [9.17, 15) is 4.79 Å². The summed E-state index contributed by atoms with van der Waals surface area (Å²) < 4.78 is 6.71. The Morgan fingerprint density at radius 2 is 2.28 bits per heavy atom. The Bertz CT molecular complexity index is 409. The Morgan fingerprint density at radius 1 is 1.50 bits per heavy atom. The fourth-order valence-electron chi connectivity index (χ4n) is 1.70. The summed E-state index contributed by atoms with van der Waals surface area (Å²) in [6, 6.07) is 0. The Hall–Kier alpha value is -1.07. The molecule has 0 fully saturated rings. The number of hydrogen-bond acceptors (Lipinski definition) is 4. The number of anilines is 1. The predicted molar refractivity (Wildman–Crippen MR) is 73.6 cm³/mol. The molecule has 0 saturated heterocycles. The van der Waals surface area contributed by atoms with Crippen LogP contribution in [0, 0.1) is 0 Å². The van der Waals surface area contributed by atoms with Crippen molar-refractivity contribution in [2.45, 2.75) is 19.9 Å². The Kier molecular flexibility index (Phi) is 6.75. The van der Waals surface area contributed by atoms with E-state index in [1.54, 1.807) is 24.1 Å². The molecule has 0 bridgehead atoms. The van der Waals surface area contributed by atoms with Crippen molar-refractivity contribution in [2.75, 3.05) is 37.6 Å². The minimum atomic E-state index is -0.0689. The summed E-state index contributed by atoms with van der Waals surface area (Å²) in [7, 11) is 1.63. The molecule has 1 rings (SSSR count). The summed E-state index contributed by atoms with van der Waals surface area (Å²) in [5.41, 5.74) is -0.0689. The maximum absolute atomic E-state index is 12.2. The fourth-order valence-corrected chi connectivity index (χ4v) is 1.90. The smallest absolute Gasteiger partial charge is 0.293 e. The van der Waals surface area contributed by atoms with Crippen molar-refractivity contribution in [3.05, 3.63) is 22.7 Å². The van der Waals surface area contributed by atoms with Gasteiger partial charge in [0.25, 0.3) is 5.56 Å². The van der Waals surface area contributed by atoms with Gasteiger partial charge in [0.05, 0.1) is 6.61 Å². The van der Waals surface area contributed by atoms with Crippen LogP contribution < -0.4 is 10.5 Å². The summed E-state index contributed by atoms with van der Waals surface area (Å²) in [6.45, 7) is 4.48. The maximum atomic E-state index is 12.2. The number of nitrogens with zero attached hydrogens (tertiary/aromatic N) is 3. The predicted octanol–water partition coefficient (Wildman–Crippen LogP) is 1.34. The van der Waals surface area contributed by atoms with Crippen LogP contribution in [0.5, 0.6) is 0 Å². The number of methoxy groups -OCH3 is 1. The number of aryl methyl sites for hydroxylation is 1. The van der Waals surface area contributed by atoms with Gasteiger partial charge in [0.2, 0.25) is 0 Å². The van der Waals surface area contributed by atoms with Crippen LogP contribution in [0.25, 0.3) is 0 Å². The van der Waals surface area contributed by atoms with Gasteiger partial charge in [0.1, 0.15) is 0 Å². The minimum absolute atomic E-state index is 0.0689. The average molecular weight is 274 g/mol. The van der Waals surface area contributed by atoms with E-state index in [1.807, 2.05) is 11.8 Å². The molecule has 0 unspecified atom stereocenters. The van der Waals surface area contributed by atoms with Gasteiger partial charge in [0.15, 0.2) is 5.82 Å². The lowest BCUT2D eigenvalue weighted by molar-refractivity contribution is 0.205. The summed E-state index contributed by atoms with van der Waals surface area (Å²) in [5.74, 6) is 0.900. The van der Waals surface area contributed by atoms with Crippen molar-refractivity contribution >= 4 is 17.4 Å². The standard InChI is InChI=1S/C12H20ClN3O2/c1-3-6-16-8-5-14-11(12(16)17)15(7-4-13)9-10-18-2/h5,8H,3-4,6-7,9-10H2,1-2H3. The molecule has 0 spiro atoms. The third kappa shape index (κ3) is 3.99. The summed E-state index contributed by atoms with van der Waals surface area (Å²) >= 11 is 5.76. The van der Waals surface area contributed by atoms with Gasteiger partial charge < -0.3 is 14.2 Å². The molecule has 0 aliphatic rings.